The van der Waals surface area contributed by atoms with Crippen LogP contribution in [0.4, 0.5) is 8.78 Å². The molecule has 0 unspecified atom stereocenters. The number of hydrogen-bond acceptors (Lipinski definition) is 3. The van der Waals surface area contributed by atoms with Crippen LogP contribution in [0.5, 0.6) is 0 Å². The summed E-state index contributed by atoms with van der Waals surface area (Å²) >= 11 is 2.83. The van der Waals surface area contributed by atoms with Crippen molar-refractivity contribution in [3.05, 3.63) is 46.5 Å². The first kappa shape index (κ1) is 14.1. The van der Waals surface area contributed by atoms with Crippen molar-refractivity contribution in [1.29, 1.82) is 0 Å². The quantitative estimate of drug-likeness (QED) is 0.883. The van der Waals surface area contributed by atoms with E-state index in [2.05, 4.69) is 30.6 Å². The molecule has 0 aliphatic rings. The fourth-order valence-electron chi connectivity index (χ4n) is 1.41. The van der Waals surface area contributed by atoms with Crippen molar-refractivity contribution < 1.29 is 17.2 Å². The molecule has 0 aliphatic heterocycles. The first-order valence-electron chi connectivity index (χ1n) is 5.01. The van der Waals surface area contributed by atoms with Crippen molar-refractivity contribution >= 4 is 26.0 Å². The van der Waals surface area contributed by atoms with Crippen LogP contribution in [0.3, 0.4) is 0 Å². The molecule has 0 saturated carbocycles. The molecule has 0 radical (unpaired) electrons. The van der Waals surface area contributed by atoms with Crippen molar-refractivity contribution in [2.24, 2.45) is 0 Å². The van der Waals surface area contributed by atoms with Crippen molar-refractivity contribution in [3.8, 4) is 0 Å². The van der Waals surface area contributed by atoms with Gasteiger partial charge in [0, 0.05) is 22.4 Å². The van der Waals surface area contributed by atoms with Gasteiger partial charge in [0.25, 0.3) is 0 Å². The van der Waals surface area contributed by atoms with E-state index in [0.29, 0.717) is 11.8 Å². The second-order valence-corrected chi connectivity index (χ2v) is 6.16. The van der Waals surface area contributed by atoms with E-state index in [9.17, 15) is 17.2 Å². The lowest BCUT2D eigenvalue weighted by Crippen LogP contribution is -2.25. The Bertz CT molecular complexity index is 666. The van der Waals surface area contributed by atoms with E-state index in [1.165, 1.54) is 12.5 Å². The van der Waals surface area contributed by atoms with Crippen molar-refractivity contribution in [2.45, 2.75) is 11.4 Å². The lowest BCUT2D eigenvalue weighted by atomic mass is 10.3. The SMILES string of the molecule is O=S(=O)(NCc1cnc[nH]1)c1c(F)cc(F)cc1Br. The summed E-state index contributed by atoms with van der Waals surface area (Å²) < 4.78 is 52.4. The van der Waals surface area contributed by atoms with Crippen LogP contribution < -0.4 is 4.72 Å². The molecular weight excluding hydrogens is 344 g/mol. The lowest BCUT2D eigenvalue weighted by Gasteiger charge is -2.08. The summed E-state index contributed by atoms with van der Waals surface area (Å²) in [7, 11) is -4.10. The predicted molar refractivity (Wildman–Crippen MR) is 66.7 cm³/mol. The Morgan fingerprint density at radius 1 is 1.37 bits per heavy atom. The van der Waals surface area contributed by atoms with Gasteiger partial charge >= 0.3 is 0 Å². The number of nitrogens with zero attached hydrogens (tertiary/aromatic N) is 1. The molecule has 2 aromatic rings. The van der Waals surface area contributed by atoms with E-state index in [1.807, 2.05) is 0 Å². The van der Waals surface area contributed by atoms with E-state index >= 15 is 0 Å². The molecule has 2 N–H and O–H groups in total. The van der Waals surface area contributed by atoms with E-state index in [-0.39, 0.29) is 11.0 Å². The zero-order valence-corrected chi connectivity index (χ0v) is 11.7. The van der Waals surface area contributed by atoms with Crippen LogP contribution in [0.2, 0.25) is 0 Å². The molecule has 1 aromatic heterocycles. The fraction of sp³-hybridized carbons (Fsp3) is 0.100. The fourth-order valence-corrected chi connectivity index (χ4v) is 3.58. The van der Waals surface area contributed by atoms with E-state index < -0.39 is 26.6 Å². The Morgan fingerprint density at radius 2 is 2.11 bits per heavy atom. The summed E-state index contributed by atoms with van der Waals surface area (Å²) in [6.45, 7) is -0.0778. The molecule has 0 atom stereocenters. The summed E-state index contributed by atoms with van der Waals surface area (Å²) in [5.74, 6) is -2.03. The zero-order valence-electron chi connectivity index (χ0n) is 9.32. The number of hydrogen-bond donors (Lipinski definition) is 2. The molecule has 0 bridgehead atoms. The number of halogens is 3. The largest absolute Gasteiger partial charge is 0.347 e. The number of nitrogens with one attached hydrogen (secondary N) is 2. The molecule has 0 amide bonds. The second kappa shape index (κ2) is 5.35. The van der Waals surface area contributed by atoms with Crippen molar-refractivity contribution in [3.63, 3.8) is 0 Å². The number of sulfonamides is 1. The number of aromatic amines is 1. The number of benzene rings is 1. The highest BCUT2D eigenvalue weighted by Crippen LogP contribution is 2.26. The Kier molecular flexibility index (Phi) is 3.97. The molecule has 1 aromatic carbocycles. The average Bonchev–Trinajstić information content (AvgIpc) is 2.77. The first-order chi connectivity index (χ1) is 8.90. The van der Waals surface area contributed by atoms with Gasteiger partial charge in [0.15, 0.2) is 0 Å². The summed E-state index contributed by atoms with van der Waals surface area (Å²) in [4.78, 5) is 5.78. The van der Waals surface area contributed by atoms with Gasteiger partial charge in [-0.3, -0.25) is 0 Å². The third-order valence-corrected chi connectivity index (χ3v) is 4.60. The Hall–Kier alpha value is -1.32. The Balaban J connectivity index is 2.29. The predicted octanol–water partition coefficient (Wildman–Crippen LogP) is 1.93. The summed E-state index contributed by atoms with van der Waals surface area (Å²) in [6, 6.07) is 1.39. The molecule has 0 spiro atoms. The third-order valence-electron chi connectivity index (χ3n) is 2.24. The minimum atomic E-state index is -4.10. The summed E-state index contributed by atoms with van der Waals surface area (Å²) in [5.41, 5.74) is 0.516. The van der Waals surface area contributed by atoms with Gasteiger partial charge in [-0.05, 0) is 22.0 Å². The second-order valence-electron chi connectivity index (χ2n) is 3.60. The summed E-state index contributed by atoms with van der Waals surface area (Å²) in [5, 5.41) is 0. The van der Waals surface area contributed by atoms with Crippen LogP contribution in [0.25, 0.3) is 0 Å². The number of H-pyrrole nitrogens is 1. The highest BCUT2D eigenvalue weighted by molar-refractivity contribution is 9.10. The maximum atomic E-state index is 13.6. The van der Waals surface area contributed by atoms with E-state index in [1.54, 1.807) is 0 Å². The molecule has 1 heterocycles. The molecular formula is C10H8BrF2N3O2S. The van der Waals surface area contributed by atoms with Crippen LogP contribution in [-0.4, -0.2) is 18.4 Å². The van der Waals surface area contributed by atoms with E-state index in [4.69, 9.17) is 0 Å². The molecule has 5 nitrogen and oxygen atoms in total. The topological polar surface area (TPSA) is 74.8 Å². The molecule has 0 aliphatic carbocycles. The zero-order chi connectivity index (χ0) is 14.0. The van der Waals surface area contributed by atoms with E-state index in [0.717, 1.165) is 6.07 Å². The first-order valence-corrected chi connectivity index (χ1v) is 7.29. The van der Waals surface area contributed by atoms with Gasteiger partial charge in [0.1, 0.15) is 16.5 Å². The van der Waals surface area contributed by atoms with Gasteiger partial charge in [-0.1, -0.05) is 0 Å². The minimum Gasteiger partial charge on any atom is -0.347 e. The smallest absolute Gasteiger partial charge is 0.244 e. The van der Waals surface area contributed by atoms with Crippen LogP contribution in [0, 0.1) is 11.6 Å². The van der Waals surface area contributed by atoms with Gasteiger partial charge in [0.05, 0.1) is 12.9 Å². The highest BCUT2D eigenvalue weighted by Gasteiger charge is 2.23. The maximum absolute atomic E-state index is 13.6. The van der Waals surface area contributed by atoms with Gasteiger partial charge < -0.3 is 4.98 Å². The van der Waals surface area contributed by atoms with Crippen LogP contribution in [-0.2, 0) is 16.6 Å². The van der Waals surface area contributed by atoms with Gasteiger partial charge in [-0.15, -0.1) is 0 Å². The van der Waals surface area contributed by atoms with Gasteiger partial charge in [0.2, 0.25) is 10.0 Å². The number of imidazole rings is 1. The van der Waals surface area contributed by atoms with Crippen molar-refractivity contribution in [1.82, 2.24) is 14.7 Å². The van der Waals surface area contributed by atoms with Crippen LogP contribution >= 0.6 is 15.9 Å². The standard InChI is InChI=1S/C10H8BrF2N3O2S/c11-8-1-6(12)2-9(13)10(8)19(17,18)16-4-7-3-14-5-15-7/h1-3,5,16H,4H2,(H,14,15). The minimum absolute atomic E-state index is 0.0778. The average molecular weight is 352 g/mol. The van der Waals surface area contributed by atoms with Crippen LogP contribution in [0.1, 0.15) is 5.69 Å². The number of rotatable bonds is 4. The lowest BCUT2D eigenvalue weighted by molar-refractivity contribution is 0.540. The highest BCUT2D eigenvalue weighted by atomic mass is 79.9. The summed E-state index contributed by atoms with van der Waals surface area (Å²) in [6.07, 6.45) is 2.82. The molecule has 0 fully saturated rings. The maximum Gasteiger partial charge on any atom is 0.244 e. The Labute approximate surface area is 116 Å². The van der Waals surface area contributed by atoms with Crippen molar-refractivity contribution in [2.75, 3.05) is 0 Å². The number of aromatic nitrogens is 2. The van der Waals surface area contributed by atoms with Gasteiger partial charge in [-0.25, -0.2) is 26.9 Å². The monoisotopic (exact) mass is 351 g/mol. The molecule has 9 heteroatoms. The normalized spacial score (nSPS) is 11.7. The molecule has 2 rings (SSSR count). The Morgan fingerprint density at radius 3 is 2.68 bits per heavy atom. The van der Waals surface area contributed by atoms with Crippen LogP contribution in [0.15, 0.2) is 34.0 Å². The van der Waals surface area contributed by atoms with Gasteiger partial charge in [-0.2, -0.15) is 0 Å². The third kappa shape index (κ3) is 3.17. The molecule has 19 heavy (non-hydrogen) atoms. The molecule has 102 valence electrons. The molecule has 0 saturated heterocycles.